The molecule has 0 saturated carbocycles. The molecule has 0 aliphatic heterocycles. The Hall–Kier alpha value is -2.58. The van der Waals surface area contributed by atoms with Gasteiger partial charge >= 0.3 is 6.18 Å². The number of anilines is 3. The maximum absolute atomic E-state index is 13.1. The first-order valence-electron chi connectivity index (χ1n) is 9.66. The van der Waals surface area contributed by atoms with E-state index in [9.17, 15) is 18.0 Å². The highest BCUT2D eigenvalue weighted by Crippen LogP contribution is 2.37. The van der Waals surface area contributed by atoms with Gasteiger partial charge in [-0.1, -0.05) is 44.0 Å². The molecule has 1 aromatic heterocycles. The van der Waals surface area contributed by atoms with Crippen molar-refractivity contribution in [3.63, 3.8) is 0 Å². The quantitative estimate of drug-likeness (QED) is 0.335. The maximum atomic E-state index is 13.1. The normalized spacial score (nSPS) is 11.0. The van der Waals surface area contributed by atoms with Crippen molar-refractivity contribution in [1.29, 1.82) is 0 Å². The molecule has 166 valence electrons. The Balaban J connectivity index is 0.00000341. The van der Waals surface area contributed by atoms with Crippen molar-refractivity contribution in [3.8, 4) is 11.3 Å². The Morgan fingerprint density at radius 1 is 1.06 bits per heavy atom. The number of nitrogens with zero attached hydrogens (tertiary/aromatic N) is 1. The molecule has 0 saturated heterocycles. The van der Waals surface area contributed by atoms with Crippen LogP contribution in [0.15, 0.2) is 53.9 Å². The highest BCUT2D eigenvalue weighted by molar-refractivity contribution is 7.14. The summed E-state index contributed by atoms with van der Waals surface area (Å²) in [6, 6.07) is 12.5. The predicted octanol–water partition coefficient (Wildman–Crippen LogP) is 7.51. The predicted molar refractivity (Wildman–Crippen MR) is 122 cm³/mol. The number of para-hydroxylation sites is 1. The van der Waals surface area contributed by atoms with Crippen LogP contribution in [0.1, 0.15) is 38.2 Å². The first-order chi connectivity index (χ1) is 14.4. The molecule has 0 aliphatic carbocycles. The summed E-state index contributed by atoms with van der Waals surface area (Å²) in [5.41, 5.74) is 1.39. The third-order valence-electron chi connectivity index (χ3n) is 4.45. The van der Waals surface area contributed by atoms with Crippen LogP contribution in [0.4, 0.5) is 29.7 Å². The number of unbranched alkanes of at least 4 members (excludes halogenated alkanes) is 2. The van der Waals surface area contributed by atoms with E-state index in [-0.39, 0.29) is 24.0 Å². The lowest BCUT2D eigenvalue weighted by Crippen LogP contribution is -2.10. The zero-order chi connectivity index (χ0) is 21.6. The molecule has 4 nitrogen and oxygen atoms in total. The fourth-order valence-corrected chi connectivity index (χ4v) is 3.63. The average Bonchev–Trinajstić information content (AvgIpc) is 3.17. The van der Waals surface area contributed by atoms with Gasteiger partial charge in [0.05, 0.1) is 16.9 Å². The minimum Gasteiger partial charge on any atom is -0.331 e. The van der Waals surface area contributed by atoms with Gasteiger partial charge in [-0.2, -0.15) is 13.2 Å². The number of hydrogen-bond donors (Lipinski definition) is 2. The van der Waals surface area contributed by atoms with E-state index in [4.69, 9.17) is 0 Å². The monoisotopic (exact) mass is 469 g/mol. The molecule has 0 unspecified atom stereocenters. The van der Waals surface area contributed by atoms with E-state index in [1.807, 2.05) is 12.1 Å². The van der Waals surface area contributed by atoms with Gasteiger partial charge in [0, 0.05) is 23.1 Å². The third kappa shape index (κ3) is 6.97. The van der Waals surface area contributed by atoms with Crippen LogP contribution >= 0.6 is 23.7 Å². The van der Waals surface area contributed by atoms with Crippen LogP contribution in [-0.4, -0.2) is 10.9 Å². The maximum Gasteiger partial charge on any atom is 0.418 e. The van der Waals surface area contributed by atoms with Crippen molar-refractivity contribution >= 4 is 46.2 Å². The second-order valence-electron chi connectivity index (χ2n) is 6.79. The van der Waals surface area contributed by atoms with Crippen molar-refractivity contribution in [3.05, 3.63) is 59.5 Å². The van der Waals surface area contributed by atoms with Gasteiger partial charge in [0.2, 0.25) is 5.91 Å². The van der Waals surface area contributed by atoms with Crippen molar-refractivity contribution in [1.82, 2.24) is 4.98 Å². The minimum atomic E-state index is -4.44. The second kappa shape index (κ2) is 11.2. The Bertz CT molecular complexity index is 990. The molecule has 3 aromatic rings. The van der Waals surface area contributed by atoms with Crippen LogP contribution in [0, 0.1) is 0 Å². The number of hydrogen-bond acceptors (Lipinski definition) is 4. The van der Waals surface area contributed by atoms with Crippen LogP contribution in [0.25, 0.3) is 11.3 Å². The van der Waals surface area contributed by atoms with E-state index in [1.54, 1.807) is 23.6 Å². The highest BCUT2D eigenvalue weighted by atomic mass is 35.5. The van der Waals surface area contributed by atoms with Gasteiger partial charge in [-0.05, 0) is 30.7 Å². The second-order valence-corrected chi connectivity index (χ2v) is 7.65. The summed E-state index contributed by atoms with van der Waals surface area (Å²) in [4.78, 5) is 16.3. The summed E-state index contributed by atoms with van der Waals surface area (Å²) < 4.78 is 39.4. The van der Waals surface area contributed by atoms with Crippen LogP contribution in [0.2, 0.25) is 0 Å². The van der Waals surface area contributed by atoms with E-state index < -0.39 is 11.7 Å². The minimum absolute atomic E-state index is 0. The molecular formula is C22H23ClF3N3OS. The molecule has 1 heterocycles. The van der Waals surface area contributed by atoms with Gasteiger partial charge in [-0.3, -0.25) is 4.79 Å². The zero-order valence-electron chi connectivity index (χ0n) is 16.8. The smallest absolute Gasteiger partial charge is 0.331 e. The summed E-state index contributed by atoms with van der Waals surface area (Å²) in [7, 11) is 0. The average molecular weight is 470 g/mol. The topological polar surface area (TPSA) is 54.0 Å². The first-order valence-corrected chi connectivity index (χ1v) is 10.5. The standard InChI is InChI=1S/C22H22F3N3OS.ClH/c1-2-3-4-9-20(29)26-16-12-10-15(11-13-16)19-14-30-21(28-19)27-18-8-6-5-7-17(18)22(23,24)25;/h5-8,10-14H,2-4,9H2,1H3,(H,26,29)(H,27,28);1H. The van der Waals surface area contributed by atoms with Gasteiger partial charge in [0.15, 0.2) is 5.13 Å². The summed E-state index contributed by atoms with van der Waals surface area (Å²) in [6.45, 7) is 2.09. The number of nitrogens with one attached hydrogen (secondary N) is 2. The SMILES string of the molecule is CCCCCC(=O)Nc1ccc(-c2csc(Nc3ccccc3C(F)(F)F)n2)cc1.Cl. The lowest BCUT2D eigenvalue weighted by atomic mass is 10.1. The lowest BCUT2D eigenvalue weighted by molar-refractivity contribution is -0.136. The summed E-state index contributed by atoms with van der Waals surface area (Å²) in [5, 5.41) is 7.77. The summed E-state index contributed by atoms with van der Waals surface area (Å²) >= 11 is 1.23. The van der Waals surface area contributed by atoms with E-state index in [0.29, 0.717) is 22.9 Å². The van der Waals surface area contributed by atoms with Gasteiger partial charge < -0.3 is 10.6 Å². The van der Waals surface area contributed by atoms with E-state index in [1.165, 1.54) is 23.5 Å². The Kier molecular flexibility index (Phi) is 8.88. The van der Waals surface area contributed by atoms with E-state index >= 15 is 0 Å². The molecule has 3 rings (SSSR count). The number of benzene rings is 2. The molecule has 0 spiro atoms. The molecule has 0 radical (unpaired) electrons. The molecule has 0 bridgehead atoms. The van der Waals surface area contributed by atoms with E-state index in [0.717, 1.165) is 30.9 Å². The number of aromatic nitrogens is 1. The molecule has 9 heteroatoms. The fraction of sp³-hybridized carbons (Fsp3) is 0.273. The Morgan fingerprint density at radius 2 is 1.77 bits per heavy atom. The lowest BCUT2D eigenvalue weighted by Gasteiger charge is -2.12. The molecule has 31 heavy (non-hydrogen) atoms. The van der Waals surface area contributed by atoms with Crippen LogP contribution in [-0.2, 0) is 11.0 Å². The van der Waals surface area contributed by atoms with Crippen molar-refractivity contribution < 1.29 is 18.0 Å². The van der Waals surface area contributed by atoms with Crippen LogP contribution in [0.3, 0.4) is 0 Å². The molecule has 0 fully saturated rings. The number of thiazole rings is 1. The third-order valence-corrected chi connectivity index (χ3v) is 5.21. The van der Waals surface area contributed by atoms with Gasteiger partial charge in [0.25, 0.3) is 0 Å². The van der Waals surface area contributed by atoms with Gasteiger partial charge in [-0.25, -0.2) is 4.98 Å². The van der Waals surface area contributed by atoms with Gasteiger partial charge in [0.1, 0.15) is 0 Å². The molecule has 2 aromatic carbocycles. The van der Waals surface area contributed by atoms with E-state index in [2.05, 4.69) is 22.5 Å². The number of carbonyl (C=O) groups excluding carboxylic acids is 1. The Morgan fingerprint density at radius 3 is 2.45 bits per heavy atom. The Labute approximate surface area is 189 Å². The molecule has 0 atom stereocenters. The number of carbonyl (C=O) groups is 1. The fourth-order valence-electron chi connectivity index (χ4n) is 2.90. The highest BCUT2D eigenvalue weighted by Gasteiger charge is 2.33. The molecular weight excluding hydrogens is 447 g/mol. The van der Waals surface area contributed by atoms with Crippen molar-refractivity contribution in [2.75, 3.05) is 10.6 Å². The largest absolute Gasteiger partial charge is 0.418 e. The summed E-state index contributed by atoms with van der Waals surface area (Å²) in [6.07, 6.45) is -0.989. The van der Waals surface area contributed by atoms with Crippen LogP contribution in [0.5, 0.6) is 0 Å². The number of halogens is 4. The summed E-state index contributed by atoms with van der Waals surface area (Å²) in [5.74, 6) is -0.0142. The number of alkyl halides is 3. The van der Waals surface area contributed by atoms with Crippen molar-refractivity contribution in [2.45, 2.75) is 38.8 Å². The first kappa shape index (κ1) is 24.7. The number of rotatable bonds is 8. The van der Waals surface area contributed by atoms with Gasteiger partial charge in [-0.15, -0.1) is 23.7 Å². The van der Waals surface area contributed by atoms with Crippen LogP contribution < -0.4 is 10.6 Å². The van der Waals surface area contributed by atoms with Crippen molar-refractivity contribution in [2.24, 2.45) is 0 Å². The molecule has 1 amide bonds. The molecule has 2 N–H and O–H groups in total. The zero-order valence-corrected chi connectivity index (χ0v) is 18.5. The number of amides is 1. The molecule has 0 aliphatic rings.